The number of ketones is 3. The highest BCUT2D eigenvalue weighted by molar-refractivity contribution is 9.10. The number of amides is 3. The maximum atomic E-state index is 12.8. The maximum absolute atomic E-state index is 12.8. The summed E-state index contributed by atoms with van der Waals surface area (Å²) < 4.78 is 5.19. The van der Waals surface area contributed by atoms with E-state index in [1.807, 2.05) is 103 Å². The third-order valence-corrected chi connectivity index (χ3v) is 17.1. The van der Waals surface area contributed by atoms with Gasteiger partial charge >= 0.3 is 6.09 Å². The third-order valence-electron chi connectivity index (χ3n) is 16.2. The molecule has 3 amide bonds. The number of ether oxygens (including phenoxy) is 1. The first-order valence-corrected chi connectivity index (χ1v) is 28.7. The van der Waals surface area contributed by atoms with E-state index in [2.05, 4.69) is 41.2 Å². The zero-order chi connectivity index (χ0) is 56.6. The number of nitrogens with zero attached hydrogens (tertiary/aromatic N) is 5. The summed E-state index contributed by atoms with van der Waals surface area (Å²) in [7, 11) is 0. The van der Waals surface area contributed by atoms with Crippen LogP contribution in [0.25, 0.3) is 34.2 Å². The molecule has 5 heterocycles. The number of nitrogens with one attached hydrogen (secondary N) is 2. The first-order chi connectivity index (χ1) is 39.0. The largest absolute Gasteiger partial charge is 0.510 e. The summed E-state index contributed by atoms with van der Waals surface area (Å²) in [6, 6.07) is 34.9. The molecule has 15 nitrogen and oxygen atoms in total. The molecule has 2 spiro atoms. The van der Waals surface area contributed by atoms with E-state index < -0.39 is 23.1 Å². The Kier molecular flexibility index (Phi) is 15.1. The molecule has 3 aromatic heterocycles. The summed E-state index contributed by atoms with van der Waals surface area (Å²) in [5.74, 6) is 0.935. The lowest BCUT2D eigenvalue weighted by atomic mass is 9.75. The Hall–Kier alpha value is -8.24. The van der Waals surface area contributed by atoms with Crippen molar-refractivity contribution in [1.29, 1.82) is 0 Å². The van der Waals surface area contributed by atoms with Gasteiger partial charge in [0.05, 0.1) is 33.0 Å². The maximum Gasteiger partial charge on any atom is 0.418 e. The Morgan fingerprint density at radius 2 is 1.23 bits per heavy atom. The standard InChI is InChI=1S/C30H26N4O2.C23H19BrN2O2.C12H17NO4/c35-23(14-7-18-5-2-1-3-6-18)19-8-10-20(11-9-19)28-31-17-21-12-13-22-24-27(32-26(22)25(21)33-28)30(15-4-16-30)34-29(24)36;24-19-12-11-18-14-25-23(26-21(18)22(19)28)17-9-7-16(8-10-17)20(27)13-6-15-4-2-1-3-5-15;1-11(2,3)17-10(16)13-9(15)7-8(14)12(13)5-4-6-12/h1-3,5-6,8-11,17,32H,4,7,12-16H2,(H,34,36);1-5,7-10,14,19H,6,11-13H2;7,14H,4-6H2,1-3H3. The highest BCUT2D eigenvalue weighted by atomic mass is 79.9. The number of Topliss-reactive ketones (excluding diaryl/α,β-unsaturated/α-hetero) is 3. The number of aromatic amines is 1. The van der Waals surface area contributed by atoms with E-state index in [9.17, 15) is 33.9 Å². The highest BCUT2D eigenvalue weighted by Crippen LogP contribution is 2.50. The predicted molar refractivity (Wildman–Crippen MR) is 309 cm³/mol. The molecule has 6 aliphatic rings. The van der Waals surface area contributed by atoms with Crippen LogP contribution >= 0.6 is 15.9 Å². The Morgan fingerprint density at radius 3 is 1.74 bits per heavy atom. The number of aryl methyl sites for hydroxylation is 4. The summed E-state index contributed by atoms with van der Waals surface area (Å²) >= 11 is 3.41. The van der Waals surface area contributed by atoms with Crippen LogP contribution in [0.3, 0.4) is 0 Å². The monoisotopic (exact) mass is 1150 g/mol. The molecular formula is C65H62BrN7O8. The third kappa shape index (κ3) is 11.1. The fourth-order valence-corrected chi connectivity index (χ4v) is 11.9. The van der Waals surface area contributed by atoms with Gasteiger partial charge in [-0.2, -0.15) is 0 Å². The van der Waals surface area contributed by atoms with E-state index in [1.54, 1.807) is 39.1 Å². The summed E-state index contributed by atoms with van der Waals surface area (Å²) in [5.41, 5.74) is 11.0. The minimum absolute atomic E-state index is 0.0117. The molecule has 412 valence electrons. The van der Waals surface area contributed by atoms with Crippen molar-refractivity contribution in [2.24, 2.45) is 0 Å². The predicted octanol–water partition coefficient (Wildman–Crippen LogP) is 12.2. The van der Waals surface area contributed by atoms with E-state index >= 15 is 0 Å². The van der Waals surface area contributed by atoms with Gasteiger partial charge in [-0.05, 0) is 126 Å². The van der Waals surface area contributed by atoms with E-state index in [0.717, 1.165) is 131 Å². The van der Waals surface area contributed by atoms with Crippen molar-refractivity contribution in [3.8, 4) is 34.2 Å². The Morgan fingerprint density at radius 1 is 0.704 bits per heavy atom. The minimum atomic E-state index is -0.820. The van der Waals surface area contributed by atoms with Crippen LogP contribution in [0.2, 0.25) is 0 Å². The first kappa shape index (κ1) is 54.7. The van der Waals surface area contributed by atoms with Crippen LogP contribution in [0.5, 0.6) is 0 Å². The molecule has 4 aliphatic carbocycles. The van der Waals surface area contributed by atoms with Crippen molar-refractivity contribution >= 4 is 51.2 Å². The molecule has 0 radical (unpaired) electrons. The molecule has 2 aliphatic heterocycles. The number of fused-ring (bicyclic) bond motifs is 7. The van der Waals surface area contributed by atoms with Crippen molar-refractivity contribution in [3.63, 3.8) is 0 Å². The molecule has 1 atom stereocenters. The normalized spacial score (nSPS) is 17.6. The summed E-state index contributed by atoms with van der Waals surface area (Å²) in [5, 5.41) is 13.0. The number of imide groups is 1. The number of rotatable bonds is 10. The van der Waals surface area contributed by atoms with Crippen molar-refractivity contribution in [3.05, 3.63) is 189 Å². The number of carbonyl (C=O) groups is 6. The number of H-pyrrole nitrogens is 1. The number of carbonyl (C=O) groups excluding carboxylic acids is 6. The van der Waals surface area contributed by atoms with Gasteiger partial charge in [-0.25, -0.2) is 29.6 Å². The van der Waals surface area contributed by atoms with Gasteiger partial charge < -0.3 is 20.1 Å². The van der Waals surface area contributed by atoms with E-state index in [1.165, 1.54) is 5.56 Å². The molecule has 16 heteroatoms. The first-order valence-electron chi connectivity index (χ1n) is 27.8. The van der Waals surface area contributed by atoms with Gasteiger partial charge in [-0.1, -0.05) is 125 Å². The molecule has 0 bridgehead atoms. The second-order valence-corrected chi connectivity index (χ2v) is 23.8. The molecule has 2 saturated carbocycles. The Bertz CT molecular complexity index is 3640. The second-order valence-electron chi connectivity index (χ2n) is 22.7. The Balaban J connectivity index is 0.000000136. The number of hydrogen-bond donors (Lipinski definition) is 3. The number of aliphatic hydroxyl groups excluding tert-OH is 1. The highest BCUT2D eigenvalue weighted by Gasteiger charge is 2.56. The lowest BCUT2D eigenvalue weighted by Gasteiger charge is -2.44. The van der Waals surface area contributed by atoms with Crippen molar-refractivity contribution in [2.45, 2.75) is 132 Å². The number of alkyl halides is 1. The topological polar surface area (TPSA) is 214 Å². The quantitative estimate of drug-likeness (QED) is 0.0862. The number of aromatic nitrogens is 5. The SMILES string of the molecule is CC(C)(C)OC(=O)N1C(=O)C=C(O)C12CCC2.O=C(CCc1ccccc1)c1ccc(-c2ncc3c(n2)-c2[nH]c4c(c2CC3)C(=O)NC42CCC2)cc1.O=C(CCc1ccccc1)c1ccc(-c2ncc3c(n2)C(=O)C(Br)CC3)cc1. The molecule has 2 fully saturated rings. The fraction of sp³-hybridized carbons (Fsp3) is 0.323. The van der Waals surface area contributed by atoms with E-state index in [4.69, 9.17) is 9.72 Å². The van der Waals surface area contributed by atoms with Crippen LogP contribution < -0.4 is 5.32 Å². The molecule has 81 heavy (non-hydrogen) atoms. The van der Waals surface area contributed by atoms with Crippen LogP contribution in [0.15, 0.2) is 133 Å². The van der Waals surface area contributed by atoms with Crippen molar-refractivity contribution in [1.82, 2.24) is 35.1 Å². The summed E-state index contributed by atoms with van der Waals surface area (Å²) in [6.07, 6.45) is 14.9. The molecule has 7 aromatic rings. The summed E-state index contributed by atoms with van der Waals surface area (Å²) in [4.78, 5) is 97.0. The average Bonchev–Trinajstić information content (AvgIpc) is 3.59. The van der Waals surface area contributed by atoms with Crippen LogP contribution in [0.4, 0.5) is 4.79 Å². The van der Waals surface area contributed by atoms with Crippen LogP contribution in [-0.2, 0) is 47.2 Å². The minimum Gasteiger partial charge on any atom is -0.510 e. The van der Waals surface area contributed by atoms with Gasteiger partial charge in [-0.15, -0.1) is 0 Å². The second kappa shape index (κ2) is 22.4. The number of halogens is 1. The average molecular weight is 1150 g/mol. The number of aliphatic hydroxyl groups is 1. The lowest BCUT2D eigenvalue weighted by Crippen LogP contribution is -2.56. The van der Waals surface area contributed by atoms with Crippen LogP contribution in [0.1, 0.15) is 154 Å². The molecular weight excluding hydrogens is 1090 g/mol. The zero-order valence-corrected chi connectivity index (χ0v) is 47.1. The fourth-order valence-electron chi connectivity index (χ4n) is 11.5. The van der Waals surface area contributed by atoms with Crippen molar-refractivity contribution < 1.29 is 38.6 Å². The lowest BCUT2D eigenvalue weighted by molar-refractivity contribution is -0.130. The van der Waals surface area contributed by atoms with Gasteiger partial charge in [-0.3, -0.25) is 24.0 Å². The molecule has 4 aromatic carbocycles. The number of hydrogen-bond acceptors (Lipinski definition) is 12. The van der Waals surface area contributed by atoms with Crippen LogP contribution in [0, 0.1) is 0 Å². The van der Waals surface area contributed by atoms with E-state index in [0.29, 0.717) is 54.2 Å². The van der Waals surface area contributed by atoms with Gasteiger partial charge in [0.15, 0.2) is 29.0 Å². The summed E-state index contributed by atoms with van der Waals surface area (Å²) in [6.45, 7) is 5.23. The van der Waals surface area contributed by atoms with E-state index in [-0.39, 0.29) is 39.4 Å². The molecule has 0 saturated heterocycles. The molecule has 3 N–H and O–H groups in total. The smallest absolute Gasteiger partial charge is 0.418 e. The number of benzene rings is 4. The van der Waals surface area contributed by atoms with Gasteiger partial charge in [0.2, 0.25) is 0 Å². The van der Waals surface area contributed by atoms with Gasteiger partial charge in [0.25, 0.3) is 11.8 Å². The zero-order valence-electron chi connectivity index (χ0n) is 45.5. The Labute approximate surface area is 478 Å². The van der Waals surface area contributed by atoms with Gasteiger partial charge in [0, 0.05) is 53.6 Å². The molecule has 1 unspecified atom stereocenters. The molecule has 13 rings (SSSR count). The van der Waals surface area contributed by atoms with Gasteiger partial charge in [0.1, 0.15) is 22.6 Å². The van der Waals surface area contributed by atoms with Crippen molar-refractivity contribution in [2.75, 3.05) is 0 Å². The van der Waals surface area contributed by atoms with Crippen LogP contribution in [-0.4, -0.2) is 86.2 Å².